The minimum atomic E-state index is 0. The molecule has 3 atom stereocenters. The number of piperidine rings is 2. The van der Waals surface area contributed by atoms with E-state index < -0.39 is 0 Å². The lowest BCUT2D eigenvalue weighted by molar-refractivity contribution is 0.0614. The van der Waals surface area contributed by atoms with Gasteiger partial charge < -0.3 is 14.8 Å². The van der Waals surface area contributed by atoms with Gasteiger partial charge >= 0.3 is 0 Å². The third-order valence-corrected chi connectivity index (χ3v) is 5.59. The molecular weight excluding hydrogens is 352 g/mol. The van der Waals surface area contributed by atoms with Gasteiger partial charge in [0.25, 0.3) is 5.91 Å². The van der Waals surface area contributed by atoms with Gasteiger partial charge in [-0.05, 0) is 37.8 Å². The summed E-state index contributed by atoms with van der Waals surface area (Å²) < 4.78 is 4.08. The zero-order valence-electron chi connectivity index (χ0n) is 15.1. The SMILES string of the molecule is CC1CCN(C(=O)c2ccn(C3CCCNC3)n2)CC1n1ccnc1.Cl. The van der Waals surface area contributed by atoms with Gasteiger partial charge in [0.15, 0.2) is 0 Å². The number of rotatable bonds is 3. The van der Waals surface area contributed by atoms with Crippen molar-refractivity contribution >= 4 is 18.3 Å². The van der Waals surface area contributed by atoms with E-state index in [9.17, 15) is 4.79 Å². The second kappa shape index (κ2) is 8.22. The molecule has 0 aromatic carbocycles. The molecule has 2 saturated heterocycles. The number of halogens is 1. The molecule has 3 unspecified atom stereocenters. The van der Waals surface area contributed by atoms with Gasteiger partial charge in [0, 0.05) is 38.2 Å². The summed E-state index contributed by atoms with van der Waals surface area (Å²) in [5.74, 6) is 0.573. The number of imidazole rings is 1. The molecule has 0 bridgehead atoms. The van der Waals surface area contributed by atoms with Gasteiger partial charge in [0.1, 0.15) is 5.69 Å². The second-order valence-electron chi connectivity index (χ2n) is 7.28. The number of likely N-dealkylation sites (tertiary alicyclic amines) is 1. The van der Waals surface area contributed by atoms with E-state index in [-0.39, 0.29) is 24.4 Å². The third-order valence-electron chi connectivity index (χ3n) is 5.59. The summed E-state index contributed by atoms with van der Waals surface area (Å²) in [6.45, 7) is 5.76. The molecule has 4 heterocycles. The summed E-state index contributed by atoms with van der Waals surface area (Å²) in [5.41, 5.74) is 0.560. The number of carbonyl (C=O) groups is 1. The fourth-order valence-electron chi connectivity index (χ4n) is 3.96. The summed E-state index contributed by atoms with van der Waals surface area (Å²) in [7, 11) is 0. The summed E-state index contributed by atoms with van der Waals surface area (Å²) in [4.78, 5) is 19.0. The molecule has 2 aliphatic rings. The summed E-state index contributed by atoms with van der Waals surface area (Å²) in [6, 6.07) is 2.50. The first-order chi connectivity index (χ1) is 12.2. The molecule has 7 nitrogen and oxygen atoms in total. The maximum atomic E-state index is 12.9. The molecule has 1 N–H and O–H groups in total. The van der Waals surface area contributed by atoms with Crippen LogP contribution in [0.1, 0.15) is 48.8 Å². The fraction of sp³-hybridized carbons (Fsp3) is 0.611. The molecule has 142 valence electrons. The molecule has 2 aromatic rings. The molecule has 2 aromatic heterocycles. The highest BCUT2D eigenvalue weighted by molar-refractivity contribution is 5.92. The van der Waals surface area contributed by atoms with Crippen molar-refractivity contribution in [2.24, 2.45) is 5.92 Å². The van der Waals surface area contributed by atoms with Gasteiger partial charge in [-0.15, -0.1) is 12.4 Å². The first-order valence-corrected chi connectivity index (χ1v) is 9.25. The Morgan fingerprint density at radius 1 is 1.31 bits per heavy atom. The molecule has 0 radical (unpaired) electrons. The Hall–Kier alpha value is -1.86. The van der Waals surface area contributed by atoms with E-state index in [1.807, 2.05) is 34.4 Å². The van der Waals surface area contributed by atoms with Crippen LogP contribution in [0.15, 0.2) is 31.0 Å². The zero-order chi connectivity index (χ0) is 17.2. The van der Waals surface area contributed by atoms with E-state index in [4.69, 9.17) is 0 Å². The number of carbonyl (C=O) groups excluding carboxylic acids is 1. The summed E-state index contributed by atoms with van der Waals surface area (Å²) >= 11 is 0. The largest absolute Gasteiger partial charge is 0.335 e. The summed E-state index contributed by atoms with van der Waals surface area (Å²) in [6.07, 6.45) is 10.9. The maximum Gasteiger partial charge on any atom is 0.274 e. The number of hydrogen-bond donors (Lipinski definition) is 1. The smallest absolute Gasteiger partial charge is 0.274 e. The highest BCUT2D eigenvalue weighted by atomic mass is 35.5. The normalized spacial score (nSPS) is 26.3. The van der Waals surface area contributed by atoms with Crippen molar-refractivity contribution in [3.05, 3.63) is 36.7 Å². The van der Waals surface area contributed by atoms with E-state index in [1.165, 1.54) is 0 Å². The topological polar surface area (TPSA) is 68.0 Å². The van der Waals surface area contributed by atoms with Crippen molar-refractivity contribution in [3.63, 3.8) is 0 Å². The van der Waals surface area contributed by atoms with Crippen LogP contribution < -0.4 is 5.32 Å². The molecule has 1 amide bonds. The lowest BCUT2D eigenvalue weighted by Gasteiger charge is -2.37. The maximum absolute atomic E-state index is 12.9. The molecule has 0 spiro atoms. The number of nitrogens with one attached hydrogen (secondary N) is 1. The molecule has 4 rings (SSSR count). The van der Waals surface area contributed by atoms with E-state index in [0.717, 1.165) is 38.9 Å². The second-order valence-corrected chi connectivity index (χ2v) is 7.28. The average molecular weight is 379 g/mol. The minimum absolute atomic E-state index is 0. The van der Waals surface area contributed by atoms with Crippen molar-refractivity contribution in [2.75, 3.05) is 26.2 Å². The quantitative estimate of drug-likeness (QED) is 0.888. The Balaban J connectivity index is 0.00000196. The number of hydrogen-bond acceptors (Lipinski definition) is 4. The molecule has 26 heavy (non-hydrogen) atoms. The molecule has 0 aliphatic carbocycles. The van der Waals surface area contributed by atoms with Crippen LogP contribution >= 0.6 is 12.4 Å². The summed E-state index contributed by atoms with van der Waals surface area (Å²) in [5, 5.41) is 7.98. The first kappa shape index (κ1) is 18.9. The van der Waals surface area contributed by atoms with Gasteiger partial charge in [-0.25, -0.2) is 4.98 Å². The van der Waals surface area contributed by atoms with E-state index in [2.05, 4.69) is 26.9 Å². The monoisotopic (exact) mass is 378 g/mol. The third kappa shape index (κ3) is 3.78. The van der Waals surface area contributed by atoms with Crippen LogP contribution in [0, 0.1) is 5.92 Å². The van der Waals surface area contributed by atoms with Crippen molar-refractivity contribution in [3.8, 4) is 0 Å². The molecule has 0 saturated carbocycles. The minimum Gasteiger partial charge on any atom is -0.335 e. The lowest BCUT2D eigenvalue weighted by Crippen LogP contribution is -2.44. The predicted octanol–water partition coefficient (Wildman–Crippen LogP) is 2.15. The Labute approximate surface area is 160 Å². The van der Waals surface area contributed by atoms with Gasteiger partial charge in [0.05, 0.1) is 18.4 Å². The van der Waals surface area contributed by atoms with Crippen molar-refractivity contribution in [2.45, 2.75) is 38.3 Å². The van der Waals surface area contributed by atoms with Gasteiger partial charge in [-0.1, -0.05) is 6.92 Å². The first-order valence-electron chi connectivity index (χ1n) is 9.25. The average Bonchev–Trinajstić information content (AvgIpc) is 3.34. The standard InChI is InChI=1S/C18H26N6O.ClH/c1-14-4-8-22(12-17(14)23-10-7-20-13-23)18(25)16-5-9-24(21-16)15-3-2-6-19-11-15;/h5,7,9-10,13-15,17,19H,2-4,6,8,11-12H2,1H3;1H. The van der Waals surface area contributed by atoms with Crippen LogP contribution in [-0.2, 0) is 0 Å². The molecular formula is C18H27ClN6O. The molecule has 8 heteroatoms. The fourth-order valence-corrected chi connectivity index (χ4v) is 3.96. The Bertz CT molecular complexity index is 709. The van der Waals surface area contributed by atoms with Crippen molar-refractivity contribution in [1.29, 1.82) is 0 Å². The van der Waals surface area contributed by atoms with Gasteiger partial charge in [0.2, 0.25) is 0 Å². The zero-order valence-corrected chi connectivity index (χ0v) is 15.9. The van der Waals surface area contributed by atoms with Gasteiger partial charge in [-0.3, -0.25) is 9.48 Å². The van der Waals surface area contributed by atoms with Crippen LogP contribution in [0.5, 0.6) is 0 Å². The Kier molecular flexibility index (Phi) is 5.98. The molecule has 2 fully saturated rings. The number of aromatic nitrogens is 4. The van der Waals surface area contributed by atoms with Crippen LogP contribution in [-0.4, -0.2) is 56.3 Å². The van der Waals surface area contributed by atoms with Gasteiger partial charge in [-0.2, -0.15) is 5.10 Å². The van der Waals surface area contributed by atoms with Crippen LogP contribution in [0.25, 0.3) is 0 Å². The Morgan fingerprint density at radius 2 is 2.19 bits per heavy atom. The van der Waals surface area contributed by atoms with Crippen LogP contribution in [0.4, 0.5) is 0 Å². The lowest BCUT2D eigenvalue weighted by atomic mass is 9.93. The number of nitrogens with zero attached hydrogens (tertiary/aromatic N) is 5. The predicted molar refractivity (Wildman–Crippen MR) is 102 cm³/mol. The van der Waals surface area contributed by atoms with Crippen LogP contribution in [0.2, 0.25) is 0 Å². The van der Waals surface area contributed by atoms with E-state index >= 15 is 0 Å². The van der Waals surface area contributed by atoms with E-state index in [1.54, 1.807) is 6.20 Å². The number of amides is 1. The van der Waals surface area contributed by atoms with E-state index in [0.29, 0.717) is 24.2 Å². The van der Waals surface area contributed by atoms with Crippen LogP contribution in [0.3, 0.4) is 0 Å². The van der Waals surface area contributed by atoms with Crippen molar-refractivity contribution < 1.29 is 4.79 Å². The molecule has 2 aliphatic heterocycles. The highest BCUT2D eigenvalue weighted by Gasteiger charge is 2.31. The Morgan fingerprint density at radius 3 is 2.92 bits per heavy atom. The van der Waals surface area contributed by atoms with Crippen molar-refractivity contribution in [1.82, 2.24) is 29.5 Å². The highest BCUT2D eigenvalue weighted by Crippen LogP contribution is 2.28.